The Kier molecular flexibility index (Phi) is 3.85. The second kappa shape index (κ2) is 5.17. The lowest BCUT2D eigenvalue weighted by atomic mass is 10.2. The second-order valence-corrected chi connectivity index (χ2v) is 2.98. The van der Waals surface area contributed by atoms with Crippen molar-refractivity contribution in [2.24, 2.45) is 0 Å². The van der Waals surface area contributed by atoms with Gasteiger partial charge in [0.2, 0.25) is 0 Å². The van der Waals surface area contributed by atoms with E-state index < -0.39 is 0 Å². The lowest BCUT2D eigenvalue weighted by Gasteiger charge is -2.09. The number of esters is 1. The van der Waals surface area contributed by atoms with E-state index in [-0.39, 0.29) is 18.5 Å². The van der Waals surface area contributed by atoms with Crippen LogP contribution in [0.25, 0.3) is 0 Å². The fourth-order valence-corrected chi connectivity index (χ4v) is 1.01. The van der Waals surface area contributed by atoms with Crippen molar-refractivity contribution in [2.75, 3.05) is 0 Å². The molecule has 0 bridgehead atoms. The summed E-state index contributed by atoms with van der Waals surface area (Å²) in [6.07, 6.45) is 0.613. The molecule has 0 aliphatic carbocycles. The zero-order chi connectivity index (χ0) is 10.4. The van der Waals surface area contributed by atoms with Crippen LogP contribution in [0.2, 0.25) is 0 Å². The summed E-state index contributed by atoms with van der Waals surface area (Å²) < 4.78 is 5.01. The normalized spacial score (nSPS) is 11.8. The Balaban J connectivity index is 2.55. The van der Waals surface area contributed by atoms with E-state index in [4.69, 9.17) is 4.74 Å². The topological polar surface area (TPSA) is 43.4 Å². The summed E-state index contributed by atoms with van der Waals surface area (Å²) in [4.78, 5) is 21.5. The molecule has 0 spiro atoms. The van der Waals surface area contributed by atoms with Crippen molar-refractivity contribution in [3.63, 3.8) is 0 Å². The summed E-state index contributed by atoms with van der Waals surface area (Å²) >= 11 is 0. The first-order valence-corrected chi connectivity index (χ1v) is 4.43. The summed E-state index contributed by atoms with van der Waals surface area (Å²) in [5.74, 6) is -0.389. The van der Waals surface area contributed by atoms with Crippen molar-refractivity contribution in [2.45, 2.75) is 19.4 Å². The average Bonchev–Trinajstić information content (AvgIpc) is 2.19. The second-order valence-electron chi connectivity index (χ2n) is 2.98. The molecule has 1 aromatic rings. The maximum absolute atomic E-state index is 11.4. The van der Waals surface area contributed by atoms with Gasteiger partial charge < -0.3 is 9.53 Å². The Bertz CT molecular complexity index is 306. The molecule has 0 saturated carbocycles. The molecule has 3 heteroatoms. The fourth-order valence-electron chi connectivity index (χ4n) is 1.01. The Morgan fingerprint density at radius 3 is 2.64 bits per heavy atom. The van der Waals surface area contributed by atoms with Crippen molar-refractivity contribution in [3.8, 4) is 0 Å². The van der Waals surface area contributed by atoms with Gasteiger partial charge in [-0.2, -0.15) is 0 Å². The number of carbonyl (C=O) groups excluding carboxylic acids is 2. The van der Waals surface area contributed by atoms with Gasteiger partial charge in [-0.15, -0.1) is 0 Å². The van der Waals surface area contributed by atoms with Crippen LogP contribution >= 0.6 is 0 Å². The van der Waals surface area contributed by atoms with Crippen LogP contribution < -0.4 is 0 Å². The number of carbonyl (C=O) groups is 2. The Hall–Kier alpha value is -1.64. The Morgan fingerprint density at radius 2 is 2.07 bits per heavy atom. The molecule has 0 aliphatic rings. The first-order chi connectivity index (χ1) is 6.74. The molecule has 0 radical (unpaired) electrons. The molecule has 0 amide bonds. The van der Waals surface area contributed by atoms with Crippen LogP contribution in [0.4, 0.5) is 0 Å². The smallest absolute Gasteiger partial charge is 0.338 e. The van der Waals surface area contributed by atoms with E-state index in [0.717, 1.165) is 6.29 Å². The van der Waals surface area contributed by atoms with Crippen molar-refractivity contribution in [1.29, 1.82) is 0 Å². The summed E-state index contributed by atoms with van der Waals surface area (Å²) in [5, 5.41) is 0. The molecule has 0 unspecified atom stereocenters. The van der Waals surface area contributed by atoms with E-state index in [1.807, 2.05) is 6.07 Å². The van der Waals surface area contributed by atoms with E-state index in [1.54, 1.807) is 31.2 Å². The number of aldehydes is 1. The number of hydrogen-bond acceptors (Lipinski definition) is 3. The van der Waals surface area contributed by atoms with Gasteiger partial charge in [-0.25, -0.2) is 4.79 Å². The summed E-state index contributed by atoms with van der Waals surface area (Å²) in [7, 11) is 0. The zero-order valence-corrected chi connectivity index (χ0v) is 7.97. The fraction of sp³-hybridized carbons (Fsp3) is 0.273. The molecule has 1 aromatic carbocycles. The maximum atomic E-state index is 11.4. The van der Waals surface area contributed by atoms with Crippen LogP contribution in [0.5, 0.6) is 0 Å². The van der Waals surface area contributed by atoms with Crippen LogP contribution in [-0.4, -0.2) is 18.4 Å². The van der Waals surface area contributed by atoms with E-state index in [1.165, 1.54) is 0 Å². The maximum Gasteiger partial charge on any atom is 0.338 e. The standard InChI is InChI=1S/C11H12O3/c1-9(7-8-12)14-11(13)10-5-3-2-4-6-10/h2-6,8-9H,7H2,1H3/t9-/m0/s1. The van der Waals surface area contributed by atoms with Crippen molar-refractivity contribution in [1.82, 2.24) is 0 Å². The van der Waals surface area contributed by atoms with Gasteiger partial charge in [0, 0.05) is 6.42 Å². The van der Waals surface area contributed by atoms with Gasteiger partial charge in [0.05, 0.1) is 5.56 Å². The van der Waals surface area contributed by atoms with Crippen LogP contribution in [0.3, 0.4) is 0 Å². The van der Waals surface area contributed by atoms with Crippen molar-refractivity contribution in [3.05, 3.63) is 35.9 Å². The van der Waals surface area contributed by atoms with Crippen LogP contribution in [-0.2, 0) is 9.53 Å². The van der Waals surface area contributed by atoms with Crippen LogP contribution in [0, 0.1) is 0 Å². The minimum atomic E-state index is -0.389. The van der Waals surface area contributed by atoms with Gasteiger partial charge in [-0.3, -0.25) is 0 Å². The summed E-state index contributed by atoms with van der Waals surface area (Å²) in [5.41, 5.74) is 0.505. The molecule has 74 valence electrons. The monoisotopic (exact) mass is 192 g/mol. The SMILES string of the molecule is C[C@@H](CC=O)OC(=O)c1ccccc1. The number of hydrogen-bond donors (Lipinski definition) is 0. The van der Waals surface area contributed by atoms with Crippen molar-refractivity contribution >= 4 is 12.3 Å². The molecule has 3 nitrogen and oxygen atoms in total. The largest absolute Gasteiger partial charge is 0.459 e. The molecule has 0 saturated heterocycles. The van der Waals surface area contributed by atoms with E-state index in [9.17, 15) is 9.59 Å². The lowest BCUT2D eigenvalue weighted by Crippen LogP contribution is -2.15. The van der Waals surface area contributed by atoms with Crippen LogP contribution in [0.1, 0.15) is 23.7 Å². The van der Waals surface area contributed by atoms with Gasteiger partial charge in [0.15, 0.2) is 0 Å². The van der Waals surface area contributed by atoms with Gasteiger partial charge in [0.25, 0.3) is 0 Å². The molecule has 0 fully saturated rings. The van der Waals surface area contributed by atoms with Crippen molar-refractivity contribution < 1.29 is 14.3 Å². The first kappa shape index (κ1) is 10.4. The van der Waals surface area contributed by atoms with E-state index >= 15 is 0 Å². The third-order valence-corrected chi connectivity index (χ3v) is 1.75. The van der Waals surface area contributed by atoms with Gasteiger partial charge in [0.1, 0.15) is 12.4 Å². The highest BCUT2D eigenvalue weighted by Gasteiger charge is 2.10. The Labute approximate surface area is 82.7 Å². The van der Waals surface area contributed by atoms with Gasteiger partial charge >= 0.3 is 5.97 Å². The molecule has 0 N–H and O–H groups in total. The van der Waals surface area contributed by atoms with Crippen LogP contribution in [0.15, 0.2) is 30.3 Å². The quantitative estimate of drug-likeness (QED) is 0.540. The highest BCUT2D eigenvalue weighted by Crippen LogP contribution is 2.04. The zero-order valence-electron chi connectivity index (χ0n) is 7.97. The summed E-state index contributed by atoms with van der Waals surface area (Å²) in [6.45, 7) is 1.69. The molecule has 14 heavy (non-hydrogen) atoms. The third-order valence-electron chi connectivity index (χ3n) is 1.75. The molecule has 0 heterocycles. The van der Waals surface area contributed by atoms with Gasteiger partial charge in [-0.1, -0.05) is 18.2 Å². The Morgan fingerprint density at radius 1 is 1.43 bits per heavy atom. The predicted molar refractivity (Wildman–Crippen MR) is 52.0 cm³/mol. The number of ether oxygens (including phenoxy) is 1. The van der Waals surface area contributed by atoms with E-state index in [2.05, 4.69) is 0 Å². The summed E-state index contributed by atoms with van der Waals surface area (Å²) in [6, 6.07) is 8.71. The molecule has 0 aliphatic heterocycles. The number of rotatable bonds is 4. The van der Waals surface area contributed by atoms with E-state index in [0.29, 0.717) is 5.56 Å². The molecule has 0 aromatic heterocycles. The molecular weight excluding hydrogens is 180 g/mol. The third kappa shape index (κ3) is 3.01. The lowest BCUT2D eigenvalue weighted by molar-refractivity contribution is -0.109. The highest BCUT2D eigenvalue weighted by atomic mass is 16.5. The number of benzene rings is 1. The molecule has 1 atom stereocenters. The first-order valence-electron chi connectivity index (χ1n) is 4.43. The highest BCUT2D eigenvalue weighted by molar-refractivity contribution is 5.89. The molecular formula is C11H12O3. The predicted octanol–water partition coefficient (Wildman–Crippen LogP) is 1.82. The van der Waals surface area contributed by atoms with Gasteiger partial charge in [-0.05, 0) is 19.1 Å². The molecule has 1 rings (SSSR count). The minimum absolute atomic E-state index is 0.235. The average molecular weight is 192 g/mol. The minimum Gasteiger partial charge on any atom is -0.459 e.